The van der Waals surface area contributed by atoms with Crippen LogP contribution in [0.5, 0.6) is 5.75 Å². The molecule has 0 aliphatic rings. The highest BCUT2D eigenvalue weighted by Crippen LogP contribution is 2.24. The maximum absolute atomic E-state index is 12.1. The van der Waals surface area contributed by atoms with Crippen LogP contribution in [0.4, 0.5) is 13.2 Å². The second-order valence-electron chi connectivity index (χ2n) is 4.19. The van der Waals surface area contributed by atoms with E-state index < -0.39 is 18.8 Å². The van der Waals surface area contributed by atoms with E-state index in [4.69, 9.17) is 4.42 Å². The monoisotopic (exact) mass is 316 g/mol. The van der Waals surface area contributed by atoms with Crippen molar-refractivity contribution >= 4 is 5.97 Å². The average molecular weight is 316 g/mol. The number of rotatable bonds is 5. The Morgan fingerprint density at radius 3 is 2.77 bits per heavy atom. The summed E-state index contributed by atoms with van der Waals surface area (Å²) in [6.07, 6.45) is -4.61. The maximum atomic E-state index is 12.1. The lowest BCUT2D eigenvalue weighted by atomic mass is 10.2. The molecule has 0 bridgehead atoms. The van der Waals surface area contributed by atoms with Crippen LogP contribution in [0.2, 0.25) is 0 Å². The molecule has 0 aliphatic carbocycles. The van der Waals surface area contributed by atoms with Crippen LogP contribution in [0.1, 0.15) is 5.89 Å². The molecule has 1 aromatic carbocycles. The highest BCUT2D eigenvalue weighted by Gasteiger charge is 2.28. The van der Waals surface area contributed by atoms with Crippen molar-refractivity contribution in [2.45, 2.75) is 12.6 Å². The number of carbonyl (C=O) groups excluding carboxylic acids is 1. The van der Waals surface area contributed by atoms with Crippen LogP contribution < -0.4 is 4.74 Å². The van der Waals surface area contributed by atoms with E-state index in [9.17, 15) is 18.0 Å². The van der Waals surface area contributed by atoms with Crippen molar-refractivity contribution < 1.29 is 31.9 Å². The number of alkyl halides is 3. The summed E-state index contributed by atoms with van der Waals surface area (Å²) < 4.78 is 50.7. The molecular weight excluding hydrogens is 305 g/mol. The Hall–Kier alpha value is -2.58. The highest BCUT2D eigenvalue weighted by atomic mass is 19.4. The molecule has 0 saturated heterocycles. The predicted octanol–water partition coefficient (Wildman–Crippen LogP) is 2.39. The van der Waals surface area contributed by atoms with Crippen molar-refractivity contribution in [3.63, 3.8) is 0 Å². The Bertz CT molecular complexity index is 655. The smallest absolute Gasteiger partial charge is 0.422 e. The molecule has 0 fully saturated rings. The van der Waals surface area contributed by atoms with Crippen LogP contribution in [0, 0.1) is 0 Å². The Labute approximate surface area is 122 Å². The molecule has 0 aliphatic heterocycles. The van der Waals surface area contributed by atoms with Crippen LogP contribution in [-0.2, 0) is 16.0 Å². The lowest BCUT2D eigenvalue weighted by Crippen LogP contribution is -2.19. The first-order valence-corrected chi connectivity index (χ1v) is 6.06. The number of aromatic nitrogens is 2. The first-order valence-electron chi connectivity index (χ1n) is 6.06. The first-order chi connectivity index (χ1) is 10.4. The van der Waals surface area contributed by atoms with Crippen molar-refractivity contribution in [3.05, 3.63) is 30.2 Å². The molecule has 1 aromatic heterocycles. The number of nitrogens with zero attached hydrogens (tertiary/aromatic N) is 2. The van der Waals surface area contributed by atoms with Gasteiger partial charge < -0.3 is 13.9 Å². The van der Waals surface area contributed by atoms with Gasteiger partial charge in [-0.3, -0.25) is 4.79 Å². The molecule has 22 heavy (non-hydrogen) atoms. The highest BCUT2D eigenvalue weighted by molar-refractivity contribution is 5.71. The molecule has 1 heterocycles. The molecule has 0 amide bonds. The van der Waals surface area contributed by atoms with E-state index in [0.29, 0.717) is 5.56 Å². The van der Waals surface area contributed by atoms with Crippen LogP contribution in [0.25, 0.3) is 11.5 Å². The fourth-order valence-electron chi connectivity index (χ4n) is 1.52. The number of hydrogen-bond donors (Lipinski definition) is 0. The quantitative estimate of drug-likeness (QED) is 0.789. The van der Waals surface area contributed by atoms with Gasteiger partial charge in [0, 0.05) is 5.56 Å². The fraction of sp³-hybridized carbons (Fsp3) is 0.308. The van der Waals surface area contributed by atoms with Gasteiger partial charge in [-0.1, -0.05) is 6.07 Å². The van der Waals surface area contributed by atoms with Gasteiger partial charge in [0.2, 0.25) is 11.8 Å². The number of ether oxygens (including phenoxy) is 2. The Morgan fingerprint density at radius 2 is 2.09 bits per heavy atom. The summed E-state index contributed by atoms with van der Waals surface area (Å²) in [5, 5.41) is 7.38. The third kappa shape index (κ3) is 4.47. The molecule has 2 rings (SSSR count). The van der Waals surface area contributed by atoms with Crippen molar-refractivity contribution in [2.75, 3.05) is 13.7 Å². The van der Waals surface area contributed by atoms with Gasteiger partial charge in [0.15, 0.2) is 6.61 Å². The van der Waals surface area contributed by atoms with Gasteiger partial charge >= 0.3 is 12.1 Å². The van der Waals surface area contributed by atoms with E-state index >= 15 is 0 Å². The largest absolute Gasteiger partial charge is 0.484 e. The molecule has 0 unspecified atom stereocenters. The molecule has 6 nitrogen and oxygen atoms in total. The summed E-state index contributed by atoms with van der Waals surface area (Å²) in [6, 6.07) is 5.77. The van der Waals surface area contributed by atoms with E-state index in [1.807, 2.05) is 0 Å². The second-order valence-corrected chi connectivity index (χ2v) is 4.19. The maximum Gasteiger partial charge on any atom is 0.422 e. The lowest BCUT2D eigenvalue weighted by Gasteiger charge is -2.09. The molecule has 0 N–H and O–H groups in total. The normalized spacial score (nSPS) is 11.3. The Kier molecular flexibility index (Phi) is 4.64. The molecule has 118 valence electrons. The Morgan fingerprint density at radius 1 is 1.32 bits per heavy atom. The van der Waals surface area contributed by atoms with Crippen molar-refractivity contribution in [3.8, 4) is 17.2 Å². The first kappa shape index (κ1) is 15.8. The van der Waals surface area contributed by atoms with Gasteiger partial charge in [-0.2, -0.15) is 13.2 Å². The molecule has 0 spiro atoms. The third-order valence-corrected chi connectivity index (χ3v) is 2.47. The van der Waals surface area contributed by atoms with Gasteiger partial charge in [-0.25, -0.2) is 0 Å². The number of methoxy groups -OCH3 is 1. The zero-order valence-electron chi connectivity index (χ0n) is 11.4. The number of esters is 1. The summed E-state index contributed by atoms with van der Waals surface area (Å²) in [7, 11) is 1.22. The summed E-state index contributed by atoms with van der Waals surface area (Å²) in [6.45, 7) is -1.39. The molecule has 0 radical (unpaired) electrons. The number of halogens is 3. The lowest BCUT2D eigenvalue weighted by molar-refractivity contribution is -0.153. The van der Waals surface area contributed by atoms with E-state index in [1.165, 1.54) is 25.3 Å². The molecule has 2 aromatic rings. The SMILES string of the molecule is COC(=O)Cc1nnc(-c2cccc(OCC(F)(F)F)c2)o1. The van der Waals surface area contributed by atoms with Crippen LogP contribution >= 0.6 is 0 Å². The minimum Gasteiger partial charge on any atom is -0.484 e. The Balaban J connectivity index is 2.11. The molecule has 9 heteroatoms. The van der Waals surface area contributed by atoms with Crippen molar-refractivity contribution in [1.29, 1.82) is 0 Å². The van der Waals surface area contributed by atoms with E-state index in [-0.39, 0.29) is 24.0 Å². The summed E-state index contributed by atoms with van der Waals surface area (Å²) >= 11 is 0. The third-order valence-electron chi connectivity index (χ3n) is 2.47. The van der Waals surface area contributed by atoms with Crippen molar-refractivity contribution in [1.82, 2.24) is 10.2 Å². The van der Waals surface area contributed by atoms with Gasteiger partial charge in [-0.05, 0) is 18.2 Å². The van der Waals surface area contributed by atoms with Gasteiger partial charge in [0.1, 0.15) is 12.2 Å². The van der Waals surface area contributed by atoms with Gasteiger partial charge in [0.05, 0.1) is 7.11 Å². The zero-order valence-corrected chi connectivity index (χ0v) is 11.4. The van der Waals surface area contributed by atoms with Crippen LogP contribution in [0.3, 0.4) is 0 Å². The standard InChI is InChI=1S/C13H11F3N2O4/c1-20-11(19)6-10-17-18-12(22-10)8-3-2-4-9(5-8)21-7-13(14,15)16/h2-5H,6-7H2,1H3. The second kappa shape index (κ2) is 6.46. The predicted molar refractivity (Wildman–Crippen MR) is 67.0 cm³/mol. The molecule has 0 atom stereocenters. The number of carbonyl (C=O) groups is 1. The minimum atomic E-state index is -4.42. The zero-order chi connectivity index (χ0) is 16.2. The van der Waals surface area contributed by atoms with Crippen molar-refractivity contribution in [2.24, 2.45) is 0 Å². The van der Waals surface area contributed by atoms with E-state index in [1.54, 1.807) is 6.07 Å². The van der Waals surface area contributed by atoms with Gasteiger partial charge in [-0.15, -0.1) is 10.2 Å². The van der Waals surface area contributed by atoms with Gasteiger partial charge in [0.25, 0.3) is 0 Å². The fourth-order valence-corrected chi connectivity index (χ4v) is 1.52. The van der Waals surface area contributed by atoms with E-state index in [2.05, 4.69) is 19.7 Å². The van der Waals surface area contributed by atoms with Crippen LogP contribution in [-0.4, -0.2) is 36.1 Å². The van der Waals surface area contributed by atoms with Crippen LogP contribution in [0.15, 0.2) is 28.7 Å². The summed E-state index contributed by atoms with van der Waals surface area (Å²) in [5.41, 5.74) is 0.378. The molecular formula is C13H11F3N2O4. The number of benzene rings is 1. The summed E-state index contributed by atoms with van der Waals surface area (Å²) in [5.74, 6) is -0.417. The van der Waals surface area contributed by atoms with E-state index in [0.717, 1.165) is 0 Å². The summed E-state index contributed by atoms with van der Waals surface area (Å²) in [4.78, 5) is 11.1. The topological polar surface area (TPSA) is 74.5 Å². The number of hydrogen-bond acceptors (Lipinski definition) is 6. The minimum absolute atomic E-state index is 0.0162. The average Bonchev–Trinajstić information content (AvgIpc) is 2.93. The molecule has 0 saturated carbocycles.